The van der Waals surface area contributed by atoms with Crippen LogP contribution in [-0.2, 0) is 10.0 Å². The van der Waals surface area contributed by atoms with E-state index < -0.39 is 15.9 Å². The van der Waals surface area contributed by atoms with Crippen LogP contribution in [-0.4, -0.2) is 41.4 Å². The van der Waals surface area contributed by atoms with E-state index in [0.29, 0.717) is 29.4 Å². The van der Waals surface area contributed by atoms with E-state index in [2.05, 4.69) is 15.2 Å². The van der Waals surface area contributed by atoms with Gasteiger partial charge in [-0.3, -0.25) is 9.52 Å². The van der Waals surface area contributed by atoms with Crippen molar-refractivity contribution in [3.8, 4) is 17.2 Å². The Bertz CT molecular complexity index is 1270. The second kappa shape index (κ2) is 11.2. The molecule has 3 rings (SSSR count). The normalized spacial score (nSPS) is 11.1. The topological polar surface area (TPSA) is 115 Å². The number of carbonyl (C=O) groups excluding carboxylic acids is 1. The average Bonchev–Trinajstić information content (AvgIpc) is 2.84. The molecule has 0 aromatic heterocycles. The summed E-state index contributed by atoms with van der Waals surface area (Å²) >= 11 is 0. The number of anilines is 1. The number of nitrogens with one attached hydrogen (secondary N) is 2. The van der Waals surface area contributed by atoms with Gasteiger partial charge in [0.2, 0.25) is 0 Å². The molecule has 0 saturated heterocycles. The van der Waals surface area contributed by atoms with E-state index in [9.17, 15) is 13.2 Å². The molecule has 0 aliphatic carbocycles. The van der Waals surface area contributed by atoms with E-state index in [4.69, 9.17) is 14.2 Å². The fourth-order valence-electron chi connectivity index (χ4n) is 3.00. The first-order valence-electron chi connectivity index (χ1n) is 10.3. The van der Waals surface area contributed by atoms with Gasteiger partial charge in [0.1, 0.15) is 17.2 Å². The lowest BCUT2D eigenvalue weighted by molar-refractivity contribution is 0.0956. The molecule has 34 heavy (non-hydrogen) atoms. The summed E-state index contributed by atoms with van der Waals surface area (Å²) in [5, 5.41) is 3.97. The summed E-state index contributed by atoms with van der Waals surface area (Å²) in [7, 11) is -0.875. The zero-order chi connectivity index (χ0) is 24.6. The molecule has 3 aromatic carbocycles. The standard InChI is InChI=1S/C24H25N3O6S/c1-4-33-18-11-13-20(14-12-18)34(29,30)27-22-8-6-5-7-21(22)24(28)26-25-16-17-9-10-19(31-2)15-23(17)32-3/h5-16,27H,4H2,1-3H3,(H,26,28)/b25-16-. The van der Waals surface area contributed by atoms with Crippen LogP contribution in [0.1, 0.15) is 22.8 Å². The predicted molar refractivity (Wildman–Crippen MR) is 129 cm³/mol. The zero-order valence-corrected chi connectivity index (χ0v) is 19.8. The maximum atomic E-state index is 12.8. The first-order chi connectivity index (χ1) is 16.4. The number of benzene rings is 3. The van der Waals surface area contributed by atoms with E-state index in [0.717, 1.165) is 0 Å². The molecule has 0 aliphatic heterocycles. The van der Waals surface area contributed by atoms with Crippen LogP contribution in [0.5, 0.6) is 17.2 Å². The molecular weight excluding hydrogens is 458 g/mol. The number of hydrazone groups is 1. The van der Waals surface area contributed by atoms with Crippen molar-refractivity contribution in [2.24, 2.45) is 5.10 Å². The fourth-order valence-corrected chi connectivity index (χ4v) is 4.08. The number of nitrogens with zero attached hydrogens (tertiary/aromatic N) is 1. The van der Waals surface area contributed by atoms with Gasteiger partial charge in [0.05, 0.1) is 43.2 Å². The van der Waals surface area contributed by atoms with Gasteiger partial charge in [0.15, 0.2) is 0 Å². The second-order valence-electron chi connectivity index (χ2n) is 6.86. The van der Waals surface area contributed by atoms with Gasteiger partial charge in [-0.2, -0.15) is 5.10 Å². The number of sulfonamides is 1. The molecule has 9 nitrogen and oxygen atoms in total. The van der Waals surface area contributed by atoms with Crippen LogP contribution in [0.4, 0.5) is 5.69 Å². The van der Waals surface area contributed by atoms with Gasteiger partial charge in [0, 0.05) is 11.6 Å². The Morgan fingerprint density at radius 3 is 2.35 bits per heavy atom. The largest absolute Gasteiger partial charge is 0.497 e. The maximum Gasteiger partial charge on any atom is 0.273 e. The SMILES string of the molecule is CCOc1ccc(S(=O)(=O)Nc2ccccc2C(=O)N/N=C\c2ccc(OC)cc2OC)cc1. The van der Waals surface area contributed by atoms with Crippen molar-refractivity contribution in [1.82, 2.24) is 5.43 Å². The molecule has 0 spiro atoms. The number of rotatable bonds is 10. The number of methoxy groups -OCH3 is 2. The Kier molecular flexibility index (Phi) is 8.10. The molecule has 0 heterocycles. The quantitative estimate of drug-likeness (QED) is 0.336. The van der Waals surface area contributed by atoms with Crippen molar-refractivity contribution in [1.29, 1.82) is 0 Å². The zero-order valence-electron chi connectivity index (χ0n) is 18.9. The molecule has 0 unspecified atom stereocenters. The number of para-hydroxylation sites is 1. The Hall–Kier alpha value is -4.05. The molecule has 10 heteroatoms. The lowest BCUT2D eigenvalue weighted by Crippen LogP contribution is -2.21. The highest BCUT2D eigenvalue weighted by Crippen LogP contribution is 2.24. The van der Waals surface area contributed by atoms with E-state index in [1.54, 1.807) is 49.6 Å². The van der Waals surface area contributed by atoms with Crippen molar-refractivity contribution in [3.63, 3.8) is 0 Å². The number of amides is 1. The molecule has 0 bridgehead atoms. The first kappa shape index (κ1) is 24.6. The molecule has 1 amide bonds. The van der Waals surface area contributed by atoms with Crippen LogP contribution in [0.25, 0.3) is 0 Å². The molecule has 0 radical (unpaired) electrons. The van der Waals surface area contributed by atoms with Crippen LogP contribution in [0, 0.1) is 0 Å². The number of hydrogen-bond donors (Lipinski definition) is 2. The molecule has 0 atom stereocenters. The van der Waals surface area contributed by atoms with Crippen molar-refractivity contribution >= 4 is 27.8 Å². The van der Waals surface area contributed by atoms with Crippen molar-refractivity contribution in [3.05, 3.63) is 77.9 Å². The Labute approximate surface area is 198 Å². The highest BCUT2D eigenvalue weighted by atomic mass is 32.2. The predicted octanol–water partition coefficient (Wildman–Crippen LogP) is 3.67. The van der Waals surface area contributed by atoms with Gasteiger partial charge in [-0.05, 0) is 55.5 Å². The molecular formula is C24H25N3O6S. The number of hydrogen-bond acceptors (Lipinski definition) is 7. The summed E-state index contributed by atoms with van der Waals surface area (Å²) in [6.07, 6.45) is 1.42. The van der Waals surface area contributed by atoms with Crippen LogP contribution >= 0.6 is 0 Å². The van der Waals surface area contributed by atoms with Crippen molar-refractivity contribution in [2.45, 2.75) is 11.8 Å². The average molecular weight is 484 g/mol. The molecule has 0 aliphatic rings. The van der Waals surface area contributed by atoms with E-state index in [-0.39, 0.29) is 16.1 Å². The molecule has 3 aromatic rings. The van der Waals surface area contributed by atoms with Gasteiger partial charge in [-0.15, -0.1) is 0 Å². The van der Waals surface area contributed by atoms with Gasteiger partial charge in [-0.25, -0.2) is 13.8 Å². The van der Waals surface area contributed by atoms with Gasteiger partial charge < -0.3 is 14.2 Å². The summed E-state index contributed by atoms with van der Waals surface area (Å²) in [4.78, 5) is 12.8. The van der Waals surface area contributed by atoms with Gasteiger partial charge >= 0.3 is 0 Å². The summed E-state index contributed by atoms with van der Waals surface area (Å²) < 4.78 is 43.9. The van der Waals surface area contributed by atoms with Crippen LogP contribution in [0.3, 0.4) is 0 Å². The first-order valence-corrected chi connectivity index (χ1v) is 11.8. The van der Waals surface area contributed by atoms with Crippen LogP contribution in [0.2, 0.25) is 0 Å². The highest BCUT2D eigenvalue weighted by molar-refractivity contribution is 7.92. The molecule has 0 fully saturated rings. The lowest BCUT2D eigenvalue weighted by atomic mass is 10.2. The minimum atomic E-state index is -3.93. The Morgan fingerprint density at radius 1 is 0.971 bits per heavy atom. The van der Waals surface area contributed by atoms with E-state index in [1.165, 1.54) is 37.6 Å². The smallest absolute Gasteiger partial charge is 0.273 e. The lowest BCUT2D eigenvalue weighted by Gasteiger charge is -2.12. The van der Waals surface area contributed by atoms with Crippen molar-refractivity contribution in [2.75, 3.05) is 25.5 Å². The number of carbonyl (C=O) groups is 1. The van der Waals surface area contributed by atoms with Gasteiger partial charge in [-0.1, -0.05) is 12.1 Å². The number of ether oxygens (including phenoxy) is 3. The monoisotopic (exact) mass is 483 g/mol. The molecule has 2 N–H and O–H groups in total. The second-order valence-corrected chi connectivity index (χ2v) is 8.54. The third kappa shape index (κ3) is 6.04. The minimum absolute atomic E-state index is 0.0378. The third-order valence-corrected chi connectivity index (χ3v) is 6.05. The van der Waals surface area contributed by atoms with Crippen molar-refractivity contribution < 1.29 is 27.4 Å². The van der Waals surface area contributed by atoms with Crippen LogP contribution < -0.4 is 24.4 Å². The van der Waals surface area contributed by atoms with E-state index in [1.807, 2.05) is 6.92 Å². The Balaban J connectivity index is 1.75. The minimum Gasteiger partial charge on any atom is -0.497 e. The Morgan fingerprint density at radius 2 is 1.68 bits per heavy atom. The molecule has 178 valence electrons. The molecule has 0 saturated carbocycles. The van der Waals surface area contributed by atoms with Gasteiger partial charge in [0.25, 0.3) is 15.9 Å². The summed E-state index contributed by atoms with van der Waals surface area (Å²) in [6.45, 7) is 2.31. The third-order valence-electron chi connectivity index (χ3n) is 4.67. The fraction of sp³-hybridized carbons (Fsp3) is 0.167. The summed E-state index contributed by atoms with van der Waals surface area (Å²) in [5.41, 5.74) is 3.25. The van der Waals surface area contributed by atoms with Crippen LogP contribution in [0.15, 0.2) is 76.7 Å². The maximum absolute atomic E-state index is 12.8. The highest BCUT2D eigenvalue weighted by Gasteiger charge is 2.18. The summed E-state index contributed by atoms with van der Waals surface area (Å²) in [5.74, 6) is 1.11. The summed E-state index contributed by atoms with van der Waals surface area (Å²) in [6, 6.07) is 17.4. The van der Waals surface area contributed by atoms with E-state index >= 15 is 0 Å².